The van der Waals surface area contributed by atoms with E-state index in [1.165, 1.54) is 5.56 Å². The average molecular weight is 239 g/mol. The molecule has 0 aliphatic rings. The van der Waals surface area contributed by atoms with Crippen LogP contribution in [0.3, 0.4) is 0 Å². The molecule has 0 fully saturated rings. The van der Waals surface area contributed by atoms with E-state index in [1.54, 1.807) is 0 Å². The lowest BCUT2D eigenvalue weighted by Crippen LogP contribution is -2.23. The minimum atomic E-state index is -0.585. The molecule has 96 valence electrons. The van der Waals surface area contributed by atoms with Gasteiger partial charge in [0, 0.05) is 6.61 Å². The number of hydrogen-bond acceptors (Lipinski definition) is 4. The Bertz CT molecular complexity index is 300. The van der Waals surface area contributed by atoms with Crippen LogP contribution in [0.15, 0.2) is 24.3 Å². The lowest BCUT2D eigenvalue weighted by Gasteiger charge is -2.12. The highest BCUT2D eigenvalue weighted by Gasteiger charge is 2.04. The Morgan fingerprint density at radius 3 is 2.53 bits per heavy atom. The van der Waals surface area contributed by atoms with E-state index >= 15 is 0 Å². The summed E-state index contributed by atoms with van der Waals surface area (Å²) >= 11 is 0. The summed E-state index contributed by atoms with van der Waals surface area (Å²) in [5, 5.41) is 9.51. The van der Waals surface area contributed by atoms with Gasteiger partial charge in [-0.05, 0) is 37.6 Å². The van der Waals surface area contributed by atoms with Gasteiger partial charge in [-0.3, -0.25) is 0 Å². The van der Waals surface area contributed by atoms with Crippen LogP contribution < -0.4 is 10.5 Å². The van der Waals surface area contributed by atoms with Crippen molar-refractivity contribution in [2.45, 2.75) is 19.4 Å². The zero-order valence-corrected chi connectivity index (χ0v) is 10.3. The van der Waals surface area contributed by atoms with Gasteiger partial charge < -0.3 is 20.3 Å². The average Bonchev–Trinajstić information content (AvgIpc) is 2.36. The van der Waals surface area contributed by atoms with E-state index in [1.807, 2.05) is 31.2 Å². The van der Waals surface area contributed by atoms with E-state index in [4.69, 9.17) is 15.2 Å². The van der Waals surface area contributed by atoms with Crippen molar-refractivity contribution in [3.8, 4) is 5.75 Å². The van der Waals surface area contributed by atoms with Gasteiger partial charge in [0.2, 0.25) is 0 Å². The van der Waals surface area contributed by atoms with Crippen LogP contribution >= 0.6 is 0 Å². The van der Waals surface area contributed by atoms with Crippen LogP contribution in [0, 0.1) is 0 Å². The Kier molecular flexibility index (Phi) is 6.62. The maximum Gasteiger partial charge on any atom is 0.119 e. The molecule has 1 atom stereocenters. The van der Waals surface area contributed by atoms with E-state index in [0.717, 1.165) is 12.2 Å². The van der Waals surface area contributed by atoms with Gasteiger partial charge in [0.1, 0.15) is 18.5 Å². The molecular weight excluding hydrogens is 218 g/mol. The minimum absolute atomic E-state index is 0.246. The molecule has 1 aromatic carbocycles. The monoisotopic (exact) mass is 239 g/mol. The summed E-state index contributed by atoms with van der Waals surface area (Å²) in [6.07, 6.45) is 0.284. The van der Waals surface area contributed by atoms with Crippen molar-refractivity contribution in [1.29, 1.82) is 0 Å². The van der Waals surface area contributed by atoms with Gasteiger partial charge in [-0.2, -0.15) is 0 Å². The molecule has 0 amide bonds. The zero-order chi connectivity index (χ0) is 12.5. The molecule has 0 saturated heterocycles. The molecule has 0 heterocycles. The van der Waals surface area contributed by atoms with Crippen molar-refractivity contribution < 1.29 is 14.6 Å². The van der Waals surface area contributed by atoms with E-state index in [-0.39, 0.29) is 6.61 Å². The van der Waals surface area contributed by atoms with Gasteiger partial charge in [0.15, 0.2) is 0 Å². The molecule has 0 aliphatic carbocycles. The number of benzene rings is 1. The number of nitrogens with two attached hydrogens (primary N) is 1. The van der Waals surface area contributed by atoms with Crippen molar-refractivity contribution in [2.75, 3.05) is 26.4 Å². The van der Waals surface area contributed by atoms with Gasteiger partial charge in [0.25, 0.3) is 0 Å². The predicted molar refractivity (Wildman–Crippen MR) is 67.2 cm³/mol. The largest absolute Gasteiger partial charge is 0.491 e. The Morgan fingerprint density at radius 2 is 1.94 bits per heavy atom. The summed E-state index contributed by atoms with van der Waals surface area (Å²) in [4.78, 5) is 0. The molecule has 0 saturated carbocycles. The molecule has 3 N–H and O–H groups in total. The molecule has 0 spiro atoms. The third kappa shape index (κ3) is 5.68. The normalized spacial score (nSPS) is 12.4. The van der Waals surface area contributed by atoms with E-state index in [0.29, 0.717) is 19.8 Å². The molecule has 0 aromatic heterocycles. The van der Waals surface area contributed by atoms with Gasteiger partial charge in [-0.1, -0.05) is 12.1 Å². The van der Waals surface area contributed by atoms with E-state index in [2.05, 4.69) is 0 Å². The summed E-state index contributed by atoms with van der Waals surface area (Å²) in [5.41, 5.74) is 6.65. The lowest BCUT2D eigenvalue weighted by atomic mass is 10.1. The molecule has 1 unspecified atom stereocenters. The number of aliphatic hydroxyl groups excluding tert-OH is 1. The molecule has 4 heteroatoms. The van der Waals surface area contributed by atoms with Crippen LogP contribution in [0.2, 0.25) is 0 Å². The molecule has 0 radical (unpaired) electrons. The van der Waals surface area contributed by atoms with Gasteiger partial charge in [-0.15, -0.1) is 0 Å². The van der Waals surface area contributed by atoms with E-state index in [9.17, 15) is 5.11 Å². The van der Waals surface area contributed by atoms with Crippen molar-refractivity contribution in [3.05, 3.63) is 29.8 Å². The van der Waals surface area contributed by atoms with Crippen molar-refractivity contribution in [3.63, 3.8) is 0 Å². The first-order chi connectivity index (χ1) is 8.26. The maximum absolute atomic E-state index is 9.51. The number of hydrogen-bond donors (Lipinski definition) is 2. The molecule has 1 rings (SSSR count). The Labute approximate surface area is 102 Å². The maximum atomic E-state index is 9.51. The molecule has 4 nitrogen and oxygen atoms in total. The molecular formula is C13H21NO3. The van der Waals surface area contributed by atoms with Crippen LogP contribution in [0.25, 0.3) is 0 Å². The number of ether oxygens (including phenoxy) is 2. The third-order valence-electron chi connectivity index (χ3n) is 2.31. The van der Waals surface area contributed by atoms with Crippen molar-refractivity contribution >= 4 is 0 Å². The highest BCUT2D eigenvalue weighted by molar-refractivity contribution is 5.27. The van der Waals surface area contributed by atoms with E-state index < -0.39 is 6.10 Å². The first-order valence-corrected chi connectivity index (χ1v) is 5.94. The van der Waals surface area contributed by atoms with Gasteiger partial charge in [-0.25, -0.2) is 0 Å². The lowest BCUT2D eigenvalue weighted by molar-refractivity contribution is 0.0164. The topological polar surface area (TPSA) is 64.7 Å². The Balaban J connectivity index is 2.31. The van der Waals surface area contributed by atoms with Crippen LogP contribution in [0.5, 0.6) is 5.75 Å². The minimum Gasteiger partial charge on any atom is -0.491 e. The highest BCUT2D eigenvalue weighted by atomic mass is 16.5. The molecule has 17 heavy (non-hydrogen) atoms. The van der Waals surface area contributed by atoms with Gasteiger partial charge >= 0.3 is 0 Å². The van der Waals surface area contributed by atoms with Crippen molar-refractivity contribution in [1.82, 2.24) is 0 Å². The Morgan fingerprint density at radius 1 is 1.24 bits per heavy atom. The first kappa shape index (κ1) is 14.0. The first-order valence-electron chi connectivity index (χ1n) is 5.94. The standard InChI is InChI=1S/C13H21NO3/c1-2-16-9-12(15)10-17-13-5-3-11(4-6-13)7-8-14/h3-6,12,15H,2,7-10,14H2,1H3. The fourth-order valence-corrected chi connectivity index (χ4v) is 1.41. The smallest absolute Gasteiger partial charge is 0.119 e. The van der Waals surface area contributed by atoms with Crippen molar-refractivity contribution in [2.24, 2.45) is 5.73 Å². The van der Waals surface area contributed by atoms with Gasteiger partial charge in [0.05, 0.1) is 6.61 Å². The summed E-state index contributed by atoms with van der Waals surface area (Å²) in [6.45, 7) is 3.69. The Hall–Kier alpha value is -1.10. The predicted octanol–water partition coefficient (Wildman–Crippen LogP) is 0.964. The SMILES string of the molecule is CCOCC(O)COc1ccc(CCN)cc1. The fraction of sp³-hybridized carbons (Fsp3) is 0.538. The summed E-state index contributed by atoms with van der Waals surface area (Å²) in [6, 6.07) is 7.74. The van der Waals surface area contributed by atoms with Crippen LogP contribution in [-0.4, -0.2) is 37.6 Å². The number of rotatable bonds is 8. The summed E-state index contributed by atoms with van der Waals surface area (Å²) < 4.78 is 10.5. The second-order valence-corrected chi connectivity index (χ2v) is 3.81. The second kappa shape index (κ2) is 8.06. The fourth-order valence-electron chi connectivity index (χ4n) is 1.41. The highest BCUT2D eigenvalue weighted by Crippen LogP contribution is 2.12. The van der Waals surface area contributed by atoms with Crippen LogP contribution in [0.4, 0.5) is 0 Å². The second-order valence-electron chi connectivity index (χ2n) is 3.81. The third-order valence-corrected chi connectivity index (χ3v) is 2.31. The zero-order valence-electron chi connectivity index (χ0n) is 10.3. The summed E-state index contributed by atoms with van der Waals surface area (Å²) in [7, 11) is 0. The molecule has 0 bridgehead atoms. The summed E-state index contributed by atoms with van der Waals surface area (Å²) in [5.74, 6) is 0.751. The quantitative estimate of drug-likeness (QED) is 0.709. The van der Waals surface area contributed by atoms with Crippen LogP contribution in [-0.2, 0) is 11.2 Å². The molecule has 1 aromatic rings. The van der Waals surface area contributed by atoms with Crippen LogP contribution in [0.1, 0.15) is 12.5 Å². The molecule has 0 aliphatic heterocycles. The number of aliphatic hydroxyl groups is 1.